The molecule has 0 saturated carbocycles. The van der Waals surface area contributed by atoms with Crippen molar-refractivity contribution in [1.82, 2.24) is 0 Å². The van der Waals surface area contributed by atoms with Crippen molar-refractivity contribution in [2.45, 2.75) is 67.7 Å². The molecular formula is C18H28O6Ti. The molecule has 0 fully saturated rings. The van der Waals surface area contributed by atoms with Crippen molar-refractivity contribution in [1.29, 1.82) is 0 Å². The van der Waals surface area contributed by atoms with Crippen LogP contribution in [0.15, 0.2) is 20.6 Å². The van der Waals surface area contributed by atoms with Gasteiger partial charge in [0.05, 0.1) is 0 Å². The number of carbonyl (C=O) groups is 3. The summed E-state index contributed by atoms with van der Waals surface area (Å²) in [6.45, 7) is 12.7. The quantitative estimate of drug-likeness (QED) is 0.614. The van der Waals surface area contributed by atoms with Gasteiger partial charge in [0.25, 0.3) is 0 Å². The second-order valence-electron chi connectivity index (χ2n) is 6.11. The molecular weight excluding hydrogens is 360 g/mol. The van der Waals surface area contributed by atoms with Crippen LogP contribution in [0.4, 0.5) is 0 Å². The Morgan fingerprint density at radius 1 is 0.800 bits per heavy atom. The third-order valence-corrected chi connectivity index (χ3v) is 9.20. The Labute approximate surface area is 154 Å². The molecule has 25 heavy (non-hydrogen) atoms. The van der Waals surface area contributed by atoms with Crippen molar-refractivity contribution in [3.05, 3.63) is 20.6 Å². The third-order valence-electron chi connectivity index (χ3n) is 4.58. The molecule has 0 aromatic carbocycles. The maximum atomic E-state index is 12.1. The van der Waals surface area contributed by atoms with Gasteiger partial charge in [0.15, 0.2) is 0 Å². The summed E-state index contributed by atoms with van der Waals surface area (Å²) in [7, 11) is 0. The average molecular weight is 388 g/mol. The first kappa shape index (κ1) is 21.6. The Balaban J connectivity index is 3.54. The van der Waals surface area contributed by atoms with Crippen LogP contribution in [0.2, 0.25) is 0 Å². The molecule has 1 aliphatic carbocycles. The normalized spacial score (nSPS) is 17.6. The number of hydrogen-bond donors (Lipinski definition) is 0. The van der Waals surface area contributed by atoms with E-state index in [1.165, 1.54) is 0 Å². The molecule has 1 atom stereocenters. The molecule has 140 valence electrons. The molecule has 0 amide bonds. The van der Waals surface area contributed by atoms with Gasteiger partial charge in [0.2, 0.25) is 0 Å². The first-order valence-corrected chi connectivity index (χ1v) is 11.4. The van der Waals surface area contributed by atoms with Crippen molar-refractivity contribution < 1.29 is 42.1 Å². The van der Waals surface area contributed by atoms with E-state index >= 15 is 0 Å². The van der Waals surface area contributed by atoms with E-state index in [9.17, 15) is 14.4 Å². The number of rotatable bonds is 7. The zero-order valence-corrected chi connectivity index (χ0v) is 17.7. The van der Waals surface area contributed by atoms with E-state index in [1.807, 2.05) is 27.7 Å². The van der Waals surface area contributed by atoms with Crippen LogP contribution in [0, 0.1) is 5.92 Å². The van der Waals surface area contributed by atoms with Gasteiger partial charge in [-0.1, -0.05) is 0 Å². The molecule has 0 aromatic heterocycles. The SMILES string of the molecule is CCC(=O)[O][Ti]([O]C(=O)CC)([O]C(=O)CC)[C]1=C(C)C(C)=C(C)C1C. The molecule has 0 heterocycles. The van der Waals surface area contributed by atoms with Gasteiger partial charge in [0, 0.05) is 0 Å². The first-order valence-electron chi connectivity index (χ1n) is 8.67. The van der Waals surface area contributed by atoms with Crippen molar-refractivity contribution >= 4 is 17.9 Å². The molecule has 0 N–H and O–H groups in total. The van der Waals surface area contributed by atoms with E-state index in [4.69, 9.17) is 9.96 Å². The molecule has 7 heteroatoms. The molecule has 0 aliphatic heterocycles. The predicted octanol–water partition coefficient (Wildman–Crippen LogP) is 4.01. The van der Waals surface area contributed by atoms with Gasteiger partial charge >= 0.3 is 154 Å². The zero-order chi connectivity index (χ0) is 19.4. The summed E-state index contributed by atoms with van der Waals surface area (Å²) in [6.07, 6.45) is 0.311. The van der Waals surface area contributed by atoms with Crippen LogP contribution in [0.5, 0.6) is 0 Å². The van der Waals surface area contributed by atoms with Gasteiger partial charge in [0.1, 0.15) is 0 Å². The molecule has 1 rings (SSSR count). The molecule has 6 nitrogen and oxygen atoms in total. The predicted molar refractivity (Wildman–Crippen MR) is 89.4 cm³/mol. The van der Waals surface area contributed by atoms with Gasteiger partial charge in [-0.25, -0.2) is 0 Å². The van der Waals surface area contributed by atoms with Crippen molar-refractivity contribution in [2.24, 2.45) is 5.92 Å². The van der Waals surface area contributed by atoms with E-state index in [1.54, 1.807) is 20.8 Å². The second kappa shape index (κ2) is 8.81. The first-order chi connectivity index (χ1) is 11.6. The molecule has 1 aliphatic rings. The van der Waals surface area contributed by atoms with Crippen LogP contribution in [0.3, 0.4) is 0 Å². The minimum absolute atomic E-state index is 0.104. The van der Waals surface area contributed by atoms with Crippen LogP contribution in [-0.2, 0) is 42.1 Å². The van der Waals surface area contributed by atoms with Crippen molar-refractivity contribution in [2.75, 3.05) is 0 Å². The molecule has 0 saturated heterocycles. The van der Waals surface area contributed by atoms with Crippen LogP contribution >= 0.6 is 0 Å². The summed E-state index contributed by atoms with van der Waals surface area (Å²) >= 11 is -4.69. The Hall–Kier alpha value is -1.40. The van der Waals surface area contributed by atoms with Gasteiger partial charge in [-0.2, -0.15) is 0 Å². The Kier molecular flexibility index (Phi) is 7.63. The van der Waals surface area contributed by atoms with Gasteiger partial charge in [-0.3, -0.25) is 0 Å². The molecule has 1 unspecified atom stereocenters. The zero-order valence-electron chi connectivity index (χ0n) is 16.1. The summed E-state index contributed by atoms with van der Waals surface area (Å²) in [5.74, 6) is -1.73. The third kappa shape index (κ3) is 4.61. The van der Waals surface area contributed by atoms with E-state index in [2.05, 4.69) is 0 Å². The van der Waals surface area contributed by atoms with E-state index < -0.39 is 35.7 Å². The number of allylic oxidation sites excluding steroid dienone is 4. The molecule has 0 bridgehead atoms. The fourth-order valence-corrected chi connectivity index (χ4v) is 7.72. The fraction of sp³-hybridized carbons (Fsp3) is 0.611. The van der Waals surface area contributed by atoms with Gasteiger partial charge in [-0.05, 0) is 0 Å². The summed E-state index contributed by atoms with van der Waals surface area (Å²) in [5.41, 5.74) is 3.02. The summed E-state index contributed by atoms with van der Waals surface area (Å²) in [4.78, 5) is 36.3. The monoisotopic (exact) mass is 388 g/mol. The van der Waals surface area contributed by atoms with E-state index in [0.717, 1.165) is 16.7 Å². The average Bonchev–Trinajstić information content (AvgIpc) is 2.77. The van der Waals surface area contributed by atoms with E-state index in [-0.39, 0.29) is 25.2 Å². The Morgan fingerprint density at radius 3 is 1.40 bits per heavy atom. The molecule has 0 spiro atoms. The van der Waals surface area contributed by atoms with Crippen LogP contribution in [0.25, 0.3) is 0 Å². The van der Waals surface area contributed by atoms with Crippen molar-refractivity contribution in [3.8, 4) is 0 Å². The standard InChI is InChI=1S/C9H13.3C3H6O2.Ti/c1-6-5-7(2)9(4)8(6)3;3*1-2-3(4)5;/h6H,1-4H3;3*2H2,1H3,(H,4,5);/q;;;;+3/p-3. The topological polar surface area (TPSA) is 78.9 Å². The second-order valence-corrected chi connectivity index (χ2v) is 9.64. The van der Waals surface area contributed by atoms with Gasteiger partial charge in [-0.15, -0.1) is 0 Å². The minimum atomic E-state index is -4.69. The van der Waals surface area contributed by atoms with Gasteiger partial charge < -0.3 is 0 Å². The Morgan fingerprint density at radius 2 is 1.16 bits per heavy atom. The van der Waals surface area contributed by atoms with Crippen LogP contribution < -0.4 is 0 Å². The van der Waals surface area contributed by atoms with Crippen LogP contribution in [0.1, 0.15) is 67.7 Å². The van der Waals surface area contributed by atoms with Crippen LogP contribution in [-0.4, -0.2) is 17.9 Å². The number of carbonyl (C=O) groups excluding carboxylic acids is 3. The number of hydrogen-bond acceptors (Lipinski definition) is 6. The molecule has 0 aromatic rings. The van der Waals surface area contributed by atoms with E-state index in [0.29, 0.717) is 3.88 Å². The summed E-state index contributed by atoms with van der Waals surface area (Å²) in [6, 6.07) is 0. The van der Waals surface area contributed by atoms with Crippen molar-refractivity contribution in [3.63, 3.8) is 0 Å². The maximum absolute atomic E-state index is 12.1. The molecule has 0 radical (unpaired) electrons. The fourth-order valence-electron chi connectivity index (χ4n) is 2.75. The summed E-state index contributed by atoms with van der Waals surface area (Å²) in [5, 5.41) is 0. The Bertz CT molecular complexity index is 586. The summed E-state index contributed by atoms with van der Waals surface area (Å²) < 4.78 is 17.6.